The molecule has 2 atom stereocenters. The minimum atomic E-state index is -0.839. The van der Waals surface area contributed by atoms with E-state index in [-0.39, 0.29) is 29.6 Å². The van der Waals surface area contributed by atoms with Gasteiger partial charge >= 0.3 is 5.97 Å². The molecule has 0 aromatic heterocycles. The smallest absolute Gasteiger partial charge is 0.317 e. The number of hydrogen-bond donors (Lipinski definition) is 2. The molecule has 2 aliphatic rings. The van der Waals surface area contributed by atoms with Crippen LogP contribution in [0.5, 0.6) is 0 Å². The summed E-state index contributed by atoms with van der Waals surface area (Å²) >= 11 is 0. The number of benzene rings is 1. The number of carboxylic acid groups (broad SMARTS) is 1. The molecule has 2 unspecified atom stereocenters. The van der Waals surface area contributed by atoms with Gasteiger partial charge in [0.25, 0.3) is 0 Å². The van der Waals surface area contributed by atoms with Crippen LogP contribution in [0, 0.1) is 17.2 Å². The van der Waals surface area contributed by atoms with Crippen molar-refractivity contribution >= 4 is 17.6 Å². The molecule has 6 heteroatoms. The zero-order valence-electron chi connectivity index (χ0n) is 11.5. The summed E-state index contributed by atoms with van der Waals surface area (Å²) in [5.74, 6) is -1.42. The molecular formula is C15H17FN2O3. The first-order valence-corrected chi connectivity index (χ1v) is 6.99. The molecule has 2 N–H and O–H groups in total. The molecule has 2 fully saturated rings. The standard InChI is InChI=1S/C15H17FN2O3/c16-10-2-1-3-11(6-10)17-14(21)12-7-15(12)4-5-18(9-15)8-13(19)20/h1-3,6,12H,4-5,7-9H2,(H,17,21)(H,19,20). The second kappa shape index (κ2) is 5.11. The van der Waals surface area contributed by atoms with E-state index in [2.05, 4.69) is 5.32 Å². The van der Waals surface area contributed by atoms with Crippen LogP contribution in [0.15, 0.2) is 24.3 Å². The summed E-state index contributed by atoms with van der Waals surface area (Å²) in [6.07, 6.45) is 1.63. The molecule has 1 aliphatic heterocycles. The molecule has 1 aromatic carbocycles. The first kappa shape index (κ1) is 14.0. The van der Waals surface area contributed by atoms with E-state index in [1.54, 1.807) is 12.1 Å². The predicted molar refractivity (Wildman–Crippen MR) is 74.3 cm³/mol. The average molecular weight is 292 g/mol. The number of carbonyl (C=O) groups is 2. The first-order valence-electron chi connectivity index (χ1n) is 6.99. The zero-order valence-corrected chi connectivity index (χ0v) is 11.5. The van der Waals surface area contributed by atoms with Crippen LogP contribution in [-0.2, 0) is 9.59 Å². The minimum absolute atomic E-state index is 0.0278. The number of amides is 1. The van der Waals surface area contributed by atoms with Crippen molar-refractivity contribution in [1.82, 2.24) is 4.90 Å². The molecule has 0 radical (unpaired) electrons. The van der Waals surface area contributed by atoms with Crippen molar-refractivity contribution in [3.63, 3.8) is 0 Å². The van der Waals surface area contributed by atoms with Crippen molar-refractivity contribution in [3.05, 3.63) is 30.1 Å². The average Bonchev–Trinajstić information content (AvgIpc) is 2.95. The molecule has 1 aromatic rings. The van der Waals surface area contributed by atoms with Gasteiger partial charge < -0.3 is 10.4 Å². The maximum atomic E-state index is 13.1. The van der Waals surface area contributed by atoms with Crippen molar-refractivity contribution in [3.8, 4) is 0 Å². The number of nitrogens with one attached hydrogen (secondary N) is 1. The highest BCUT2D eigenvalue weighted by molar-refractivity contribution is 5.95. The Labute approximate surface area is 121 Å². The van der Waals surface area contributed by atoms with E-state index in [9.17, 15) is 14.0 Å². The number of rotatable bonds is 4. The molecule has 1 saturated carbocycles. The van der Waals surface area contributed by atoms with Gasteiger partial charge in [0.2, 0.25) is 5.91 Å². The van der Waals surface area contributed by atoms with E-state index in [1.807, 2.05) is 4.90 Å². The lowest BCUT2D eigenvalue weighted by Crippen LogP contribution is -2.28. The Morgan fingerprint density at radius 2 is 2.29 bits per heavy atom. The predicted octanol–water partition coefficient (Wildman–Crippen LogP) is 1.56. The molecule has 1 saturated heterocycles. The summed E-state index contributed by atoms with van der Waals surface area (Å²) in [5, 5.41) is 11.5. The van der Waals surface area contributed by atoms with Gasteiger partial charge in [-0.25, -0.2) is 4.39 Å². The monoisotopic (exact) mass is 292 g/mol. The summed E-state index contributed by atoms with van der Waals surface area (Å²) in [6, 6.07) is 5.83. The Kier molecular flexibility index (Phi) is 3.41. The quantitative estimate of drug-likeness (QED) is 0.883. The second-order valence-electron chi connectivity index (χ2n) is 5.97. The van der Waals surface area contributed by atoms with E-state index in [1.165, 1.54) is 12.1 Å². The van der Waals surface area contributed by atoms with E-state index in [0.717, 1.165) is 19.4 Å². The normalized spacial score (nSPS) is 27.8. The van der Waals surface area contributed by atoms with Crippen LogP contribution in [0.2, 0.25) is 0 Å². The summed E-state index contributed by atoms with van der Waals surface area (Å²) in [6.45, 7) is 1.40. The second-order valence-corrected chi connectivity index (χ2v) is 5.97. The third-order valence-electron chi connectivity index (χ3n) is 4.42. The van der Waals surface area contributed by atoms with Gasteiger partial charge in [0.1, 0.15) is 5.82 Å². The van der Waals surface area contributed by atoms with Crippen molar-refractivity contribution in [2.24, 2.45) is 11.3 Å². The maximum Gasteiger partial charge on any atom is 0.317 e. The van der Waals surface area contributed by atoms with Crippen molar-refractivity contribution in [2.75, 3.05) is 25.0 Å². The van der Waals surface area contributed by atoms with Gasteiger partial charge in [-0.1, -0.05) is 6.07 Å². The van der Waals surface area contributed by atoms with Gasteiger partial charge in [0, 0.05) is 18.2 Å². The zero-order chi connectivity index (χ0) is 15.0. The lowest BCUT2D eigenvalue weighted by atomic mass is 10.0. The van der Waals surface area contributed by atoms with Crippen molar-refractivity contribution in [1.29, 1.82) is 0 Å². The summed E-state index contributed by atoms with van der Waals surface area (Å²) in [7, 11) is 0. The number of nitrogens with zero attached hydrogens (tertiary/aromatic N) is 1. The van der Waals surface area contributed by atoms with Crippen LogP contribution >= 0.6 is 0 Å². The number of halogens is 1. The fourth-order valence-corrected chi connectivity index (χ4v) is 3.28. The van der Waals surface area contributed by atoms with Gasteiger partial charge in [0.05, 0.1) is 6.54 Å². The first-order chi connectivity index (χ1) is 9.98. The third-order valence-corrected chi connectivity index (χ3v) is 4.42. The molecule has 1 heterocycles. The van der Waals surface area contributed by atoms with Crippen LogP contribution in [-0.4, -0.2) is 41.5 Å². The number of carbonyl (C=O) groups excluding carboxylic acids is 1. The van der Waals surface area contributed by atoms with Gasteiger partial charge in [-0.3, -0.25) is 14.5 Å². The largest absolute Gasteiger partial charge is 0.480 e. The SMILES string of the molecule is O=C(O)CN1CCC2(CC2C(=O)Nc2cccc(F)c2)C1. The number of anilines is 1. The molecule has 1 aliphatic carbocycles. The molecule has 3 rings (SSSR count). The lowest BCUT2D eigenvalue weighted by Gasteiger charge is -2.13. The highest BCUT2D eigenvalue weighted by atomic mass is 19.1. The summed E-state index contributed by atoms with van der Waals surface area (Å²) in [5.41, 5.74) is 0.384. The Morgan fingerprint density at radius 3 is 3.00 bits per heavy atom. The van der Waals surface area contributed by atoms with E-state index in [4.69, 9.17) is 5.11 Å². The Balaban J connectivity index is 1.58. The summed E-state index contributed by atoms with van der Waals surface area (Å²) in [4.78, 5) is 24.8. The van der Waals surface area contributed by atoms with E-state index in [0.29, 0.717) is 12.2 Å². The van der Waals surface area contributed by atoms with Crippen LogP contribution in [0.25, 0.3) is 0 Å². The van der Waals surface area contributed by atoms with Gasteiger partial charge in [-0.2, -0.15) is 0 Å². The molecular weight excluding hydrogens is 275 g/mol. The fraction of sp³-hybridized carbons (Fsp3) is 0.467. The topological polar surface area (TPSA) is 69.6 Å². The highest BCUT2D eigenvalue weighted by Gasteiger charge is 2.60. The Morgan fingerprint density at radius 1 is 1.48 bits per heavy atom. The third kappa shape index (κ3) is 2.90. The van der Waals surface area contributed by atoms with Crippen LogP contribution in [0.4, 0.5) is 10.1 Å². The van der Waals surface area contributed by atoms with E-state index >= 15 is 0 Å². The van der Waals surface area contributed by atoms with Crippen LogP contribution in [0.3, 0.4) is 0 Å². The molecule has 1 amide bonds. The minimum Gasteiger partial charge on any atom is -0.480 e. The maximum absolute atomic E-state index is 13.1. The molecule has 1 spiro atoms. The fourth-order valence-electron chi connectivity index (χ4n) is 3.28. The van der Waals surface area contributed by atoms with Gasteiger partial charge in [0.15, 0.2) is 0 Å². The Hall–Kier alpha value is -1.95. The number of likely N-dealkylation sites (tertiary alicyclic amines) is 1. The number of hydrogen-bond acceptors (Lipinski definition) is 3. The molecule has 112 valence electrons. The Bertz CT molecular complexity index is 592. The van der Waals surface area contributed by atoms with Gasteiger partial charge in [-0.05, 0) is 43.0 Å². The summed E-state index contributed by atoms with van der Waals surface area (Å²) < 4.78 is 13.1. The molecule has 5 nitrogen and oxygen atoms in total. The number of carboxylic acids is 1. The van der Waals surface area contributed by atoms with Crippen molar-refractivity contribution < 1.29 is 19.1 Å². The van der Waals surface area contributed by atoms with Gasteiger partial charge in [-0.15, -0.1) is 0 Å². The molecule has 0 bridgehead atoms. The van der Waals surface area contributed by atoms with Crippen LogP contribution in [0.1, 0.15) is 12.8 Å². The van der Waals surface area contributed by atoms with Crippen LogP contribution < -0.4 is 5.32 Å². The highest BCUT2D eigenvalue weighted by Crippen LogP contribution is 2.58. The number of aliphatic carboxylic acids is 1. The molecule has 21 heavy (non-hydrogen) atoms. The van der Waals surface area contributed by atoms with E-state index < -0.39 is 5.97 Å². The van der Waals surface area contributed by atoms with Crippen molar-refractivity contribution in [2.45, 2.75) is 12.8 Å². The lowest BCUT2D eigenvalue weighted by molar-refractivity contribution is -0.138.